The molecule has 16 heavy (non-hydrogen) atoms. The molecule has 0 bridgehead atoms. The lowest BCUT2D eigenvalue weighted by atomic mass is 10.3. The number of hydrogen-bond donors (Lipinski definition) is 0. The Morgan fingerprint density at radius 3 is 1.88 bits per heavy atom. The fraction of sp³-hybridized carbons (Fsp3) is 0.800. The second kappa shape index (κ2) is 4.49. The summed E-state index contributed by atoms with van der Waals surface area (Å²) in [6.45, 7) is 0. The van der Waals surface area contributed by atoms with E-state index in [1.807, 2.05) is 0 Å². The minimum absolute atomic E-state index is 0.294. The molecule has 0 unspecified atom stereocenters. The van der Waals surface area contributed by atoms with Crippen LogP contribution in [0.2, 0.25) is 0 Å². The molecule has 1 saturated carbocycles. The van der Waals surface area contributed by atoms with Gasteiger partial charge in [-0.15, -0.1) is 23.5 Å². The van der Waals surface area contributed by atoms with Crippen molar-refractivity contribution in [3.05, 3.63) is 0 Å². The maximum absolute atomic E-state index is 11.6. The third-order valence-electron chi connectivity index (χ3n) is 2.95. The van der Waals surface area contributed by atoms with Gasteiger partial charge in [-0.05, 0) is 17.9 Å². The third-order valence-corrected chi connectivity index (χ3v) is 6.56. The van der Waals surface area contributed by atoms with Crippen molar-refractivity contribution in [1.29, 1.82) is 0 Å². The maximum Gasteiger partial charge on any atom is 0.311 e. The van der Waals surface area contributed by atoms with Gasteiger partial charge in [-0.1, -0.05) is 0 Å². The summed E-state index contributed by atoms with van der Waals surface area (Å²) in [6, 6.07) is 0. The Morgan fingerprint density at radius 2 is 1.50 bits per heavy atom. The molecule has 2 atom stereocenters. The number of carbonyl (C=O) groups excluding carboxylic acids is 2. The van der Waals surface area contributed by atoms with Gasteiger partial charge in [0.25, 0.3) is 0 Å². The van der Waals surface area contributed by atoms with Crippen LogP contribution in [0.25, 0.3) is 0 Å². The molecule has 2 rings (SSSR count). The standard InChI is InChI=1S/C10H14O4S2/c1-13-8(11)6-7(9(12)14-2)10(6)15-4-3-5-16-10/h6-7H,3-5H2,1-2H3/t6-,7-/m0/s1. The second-order valence-electron chi connectivity index (χ2n) is 3.77. The topological polar surface area (TPSA) is 52.6 Å². The van der Waals surface area contributed by atoms with Gasteiger partial charge in [0.1, 0.15) is 0 Å². The Kier molecular flexibility index (Phi) is 3.39. The minimum atomic E-state index is -0.333. The average molecular weight is 262 g/mol. The molecular weight excluding hydrogens is 248 g/mol. The van der Waals surface area contributed by atoms with Crippen LogP contribution in [0.15, 0.2) is 0 Å². The molecule has 1 aliphatic carbocycles. The summed E-state index contributed by atoms with van der Waals surface area (Å²) in [5, 5.41) is 0. The van der Waals surface area contributed by atoms with E-state index < -0.39 is 0 Å². The van der Waals surface area contributed by atoms with Gasteiger partial charge in [-0.2, -0.15) is 0 Å². The molecule has 1 heterocycles. The Labute approximate surface area is 103 Å². The maximum atomic E-state index is 11.6. The highest BCUT2D eigenvalue weighted by Crippen LogP contribution is 2.68. The SMILES string of the molecule is COC(=O)[C@@H]1[C@@H](C(=O)OC)C12SCCCS2. The van der Waals surface area contributed by atoms with Crippen LogP contribution in [0, 0.1) is 11.8 Å². The van der Waals surface area contributed by atoms with E-state index in [4.69, 9.17) is 9.47 Å². The van der Waals surface area contributed by atoms with Crippen molar-refractivity contribution in [1.82, 2.24) is 0 Å². The molecule has 2 aliphatic rings. The van der Waals surface area contributed by atoms with E-state index >= 15 is 0 Å². The molecule has 4 nitrogen and oxygen atoms in total. The monoisotopic (exact) mass is 262 g/mol. The average Bonchev–Trinajstić information content (AvgIpc) is 2.96. The Balaban J connectivity index is 2.16. The first-order valence-electron chi connectivity index (χ1n) is 5.11. The fourth-order valence-corrected chi connectivity index (χ4v) is 5.86. The van der Waals surface area contributed by atoms with Crippen LogP contribution in [0.4, 0.5) is 0 Å². The van der Waals surface area contributed by atoms with Crippen molar-refractivity contribution in [3.8, 4) is 0 Å². The summed E-state index contributed by atoms with van der Waals surface area (Å²) in [4.78, 5) is 23.2. The highest BCUT2D eigenvalue weighted by atomic mass is 32.2. The zero-order valence-electron chi connectivity index (χ0n) is 9.23. The molecule has 90 valence electrons. The second-order valence-corrected chi connectivity index (χ2v) is 6.78. The van der Waals surface area contributed by atoms with E-state index in [2.05, 4.69) is 0 Å². The first-order chi connectivity index (χ1) is 7.67. The van der Waals surface area contributed by atoms with Gasteiger partial charge < -0.3 is 9.47 Å². The van der Waals surface area contributed by atoms with Crippen LogP contribution in [-0.4, -0.2) is 41.7 Å². The predicted octanol–water partition coefficient (Wildman–Crippen LogP) is 1.14. The van der Waals surface area contributed by atoms with Gasteiger partial charge in [0.2, 0.25) is 0 Å². The highest BCUT2D eigenvalue weighted by Gasteiger charge is 2.74. The largest absolute Gasteiger partial charge is 0.469 e. The van der Waals surface area contributed by atoms with Crippen molar-refractivity contribution in [2.45, 2.75) is 10.5 Å². The molecule has 0 N–H and O–H groups in total. The van der Waals surface area contributed by atoms with Gasteiger partial charge in [0.05, 0.1) is 30.1 Å². The molecule has 6 heteroatoms. The molecule has 2 fully saturated rings. The quantitative estimate of drug-likeness (QED) is 0.696. The summed E-state index contributed by atoms with van der Waals surface area (Å²) in [7, 11) is 2.72. The normalized spacial score (nSPS) is 30.9. The predicted molar refractivity (Wildman–Crippen MR) is 63.3 cm³/mol. The van der Waals surface area contributed by atoms with Crippen LogP contribution in [-0.2, 0) is 19.1 Å². The first-order valence-corrected chi connectivity index (χ1v) is 7.08. The van der Waals surface area contributed by atoms with Gasteiger partial charge in [-0.25, -0.2) is 0 Å². The van der Waals surface area contributed by atoms with Crippen LogP contribution in [0.5, 0.6) is 0 Å². The van der Waals surface area contributed by atoms with Crippen LogP contribution in [0.3, 0.4) is 0 Å². The number of rotatable bonds is 2. The van der Waals surface area contributed by atoms with E-state index in [1.165, 1.54) is 14.2 Å². The van der Waals surface area contributed by atoms with Gasteiger partial charge in [0.15, 0.2) is 0 Å². The van der Waals surface area contributed by atoms with Crippen LogP contribution in [0.1, 0.15) is 6.42 Å². The number of esters is 2. The van der Waals surface area contributed by atoms with Gasteiger partial charge in [0, 0.05) is 0 Å². The van der Waals surface area contributed by atoms with Crippen LogP contribution >= 0.6 is 23.5 Å². The van der Waals surface area contributed by atoms with Crippen LogP contribution < -0.4 is 0 Å². The van der Waals surface area contributed by atoms with Crippen molar-refractivity contribution in [2.75, 3.05) is 25.7 Å². The molecule has 1 saturated heterocycles. The van der Waals surface area contributed by atoms with E-state index in [1.54, 1.807) is 23.5 Å². The minimum Gasteiger partial charge on any atom is -0.469 e. The summed E-state index contributed by atoms with van der Waals surface area (Å²) in [5.74, 6) is 0.734. The first kappa shape index (κ1) is 12.1. The number of methoxy groups -OCH3 is 2. The van der Waals surface area contributed by atoms with Crippen molar-refractivity contribution < 1.29 is 19.1 Å². The van der Waals surface area contributed by atoms with E-state index in [0.29, 0.717) is 0 Å². The summed E-state index contributed by atoms with van der Waals surface area (Å²) in [5.41, 5.74) is 0. The summed E-state index contributed by atoms with van der Waals surface area (Å²) in [6.07, 6.45) is 1.12. The fourth-order valence-electron chi connectivity index (χ4n) is 2.12. The lowest BCUT2D eigenvalue weighted by Gasteiger charge is -2.21. The summed E-state index contributed by atoms with van der Waals surface area (Å²) < 4.78 is 9.20. The molecule has 0 aromatic rings. The van der Waals surface area contributed by atoms with E-state index in [-0.39, 0.29) is 27.9 Å². The van der Waals surface area contributed by atoms with Crippen molar-refractivity contribution >= 4 is 35.5 Å². The molecular formula is C10H14O4S2. The lowest BCUT2D eigenvalue weighted by Crippen LogP contribution is -2.17. The zero-order valence-corrected chi connectivity index (χ0v) is 10.9. The highest BCUT2D eigenvalue weighted by molar-refractivity contribution is 8.19. The molecule has 0 amide bonds. The number of carbonyl (C=O) groups is 2. The molecule has 1 aliphatic heterocycles. The zero-order chi connectivity index (χ0) is 11.8. The van der Waals surface area contributed by atoms with Crippen molar-refractivity contribution in [2.24, 2.45) is 11.8 Å². The Hall–Kier alpha value is -0.360. The number of thioether (sulfide) groups is 2. The molecule has 0 aromatic heterocycles. The smallest absolute Gasteiger partial charge is 0.311 e. The molecule has 1 spiro atoms. The number of ether oxygens (including phenoxy) is 2. The Bertz CT molecular complexity index is 288. The Morgan fingerprint density at radius 1 is 1.06 bits per heavy atom. The third kappa shape index (κ3) is 1.72. The molecule has 0 aromatic carbocycles. The van der Waals surface area contributed by atoms with E-state index in [0.717, 1.165) is 17.9 Å². The van der Waals surface area contributed by atoms with Crippen molar-refractivity contribution in [3.63, 3.8) is 0 Å². The van der Waals surface area contributed by atoms with E-state index in [9.17, 15) is 9.59 Å². The summed E-state index contributed by atoms with van der Waals surface area (Å²) >= 11 is 3.39. The lowest BCUT2D eigenvalue weighted by molar-refractivity contribution is -0.148. The van der Waals surface area contributed by atoms with Gasteiger partial charge in [-0.3, -0.25) is 9.59 Å². The molecule has 0 radical (unpaired) electrons. The van der Waals surface area contributed by atoms with Gasteiger partial charge >= 0.3 is 11.9 Å². The number of hydrogen-bond acceptors (Lipinski definition) is 6.